The van der Waals surface area contributed by atoms with Crippen LogP contribution >= 0.6 is 11.8 Å². The standard InChI is InChI=1S/C13H27N3O2S/c1-5-15-13(4,12(14)18)7-6-8-19-9-11(17)16-10(2)3/h10,15H,5-9H2,1-4H3,(H2,14,18)(H,16,17). The van der Waals surface area contributed by atoms with Gasteiger partial charge in [0.2, 0.25) is 11.8 Å². The lowest BCUT2D eigenvalue weighted by molar-refractivity contribution is -0.124. The Balaban J connectivity index is 3.84. The summed E-state index contributed by atoms with van der Waals surface area (Å²) in [5.41, 5.74) is 4.76. The van der Waals surface area contributed by atoms with Gasteiger partial charge in [0.25, 0.3) is 0 Å². The van der Waals surface area contributed by atoms with E-state index in [1.807, 2.05) is 27.7 Å². The quantitative estimate of drug-likeness (QED) is 0.521. The molecule has 0 fully saturated rings. The first-order valence-corrected chi connectivity index (χ1v) is 7.89. The molecule has 2 amide bonds. The summed E-state index contributed by atoms with van der Waals surface area (Å²) in [5, 5.41) is 5.96. The Morgan fingerprint density at radius 2 is 2.00 bits per heavy atom. The van der Waals surface area contributed by atoms with Crippen LogP contribution in [0, 0.1) is 0 Å². The Morgan fingerprint density at radius 3 is 2.47 bits per heavy atom. The molecule has 4 N–H and O–H groups in total. The summed E-state index contributed by atoms with van der Waals surface area (Å²) in [6.07, 6.45) is 1.54. The highest BCUT2D eigenvalue weighted by Gasteiger charge is 2.28. The zero-order chi connectivity index (χ0) is 14.9. The molecule has 0 aromatic carbocycles. The highest BCUT2D eigenvalue weighted by molar-refractivity contribution is 7.99. The fourth-order valence-corrected chi connectivity index (χ4v) is 2.51. The van der Waals surface area contributed by atoms with Crippen LogP contribution in [0.15, 0.2) is 0 Å². The van der Waals surface area contributed by atoms with Crippen molar-refractivity contribution in [3.63, 3.8) is 0 Å². The molecule has 5 nitrogen and oxygen atoms in total. The van der Waals surface area contributed by atoms with Crippen LogP contribution < -0.4 is 16.4 Å². The maximum atomic E-state index is 11.4. The van der Waals surface area contributed by atoms with Gasteiger partial charge in [0.15, 0.2) is 0 Å². The van der Waals surface area contributed by atoms with Crippen molar-refractivity contribution in [3.05, 3.63) is 0 Å². The molecule has 0 aromatic heterocycles. The summed E-state index contributed by atoms with van der Waals surface area (Å²) < 4.78 is 0. The molecule has 0 radical (unpaired) electrons. The Bertz CT molecular complexity index is 298. The molecule has 0 aliphatic heterocycles. The minimum atomic E-state index is -0.643. The number of thioether (sulfide) groups is 1. The molecule has 1 atom stereocenters. The van der Waals surface area contributed by atoms with Crippen molar-refractivity contribution in [2.45, 2.75) is 52.1 Å². The average molecular weight is 289 g/mol. The van der Waals surface area contributed by atoms with Gasteiger partial charge in [-0.05, 0) is 45.9 Å². The predicted molar refractivity (Wildman–Crippen MR) is 81.1 cm³/mol. The zero-order valence-corrected chi connectivity index (χ0v) is 13.2. The van der Waals surface area contributed by atoms with Gasteiger partial charge in [-0.3, -0.25) is 9.59 Å². The molecular formula is C13H27N3O2S. The van der Waals surface area contributed by atoms with E-state index in [0.717, 1.165) is 12.2 Å². The van der Waals surface area contributed by atoms with Gasteiger partial charge in [-0.25, -0.2) is 0 Å². The van der Waals surface area contributed by atoms with Gasteiger partial charge in [0, 0.05) is 6.04 Å². The molecule has 0 rings (SSSR count). The molecule has 0 aliphatic carbocycles. The summed E-state index contributed by atoms with van der Waals surface area (Å²) >= 11 is 1.58. The van der Waals surface area contributed by atoms with E-state index in [0.29, 0.717) is 18.7 Å². The van der Waals surface area contributed by atoms with Crippen LogP contribution in [-0.4, -0.2) is 41.4 Å². The van der Waals surface area contributed by atoms with E-state index in [4.69, 9.17) is 5.73 Å². The van der Waals surface area contributed by atoms with Gasteiger partial charge in [0.05, 0.1) is 11.3 Å². The van der Waals surface area contributed by atoms with Crippen LogP contribution in [-0.2, 0) is 9.59 Å². The molecule has 0 aliphatic rings. The van der Waals surface area contributed by atoms with E-state index in [1.54, 1.807) is 11.8 Å². The zero-order valence-electron chi connectivity index (χ0n) is 12.4. The van der Waals surface area contributed by atoms with Gasteiger partial charge in [-0.15, -0.1) is 0 Å². The van der Waals surface area contributed by atoms with Crippen LogP contribution in [0.3, 0.4) is 0 Å². The Labute approximate surface area is 120 Å². The number of nitrogens with one attached hydrogen (secondary N) is 2. The highest BCUT2D eigenvalue weighted by atomic mass is 32.2. The smallest absolute Gasteiger partial charge is 0.237 e. The summed E-state index contributed by atoms with van der Waals surface area (Å²) in [4.78, 5) is 22.8. The lowest BCUT2D eigenvalue weighted by Gasteiger charge is -2.26. The van der Waals surface area contributed by atoms with E-state index in [9.17, 15) is 9.59 Å². The molecule has 112 valence electrons. The molecule has 1 unspecified atom stereocenters. The molecule has 6 heteroatoms. The molecule has 0 aromatic rings. The first-order chi connectivity index (χ1) is 8.81. The van der Waals surface area contributed by atoms with Gasteiger partial charge in [-0.2, -0.15) is 11.8 Å². The number of likely N-dealkylation sites (N-methyl/N-ethyl adjacent to an activating group) is 1. The fourth-order valence-electron chi connectivity index (χ4n) is 1.75. The largest absolute Gasteiger partial charge is 0.368 e. The number of nitrogens with two attached hydrogens (primary N) is 1. The first kappa shape index (κ1) is 18.2. The number of rotatable bonds is 10. The lowest BCUT2D eigenvalue weighted by atomic mass is 9.95. The monoisotopic (exact) mass is 289 g/mol. The molecule has 0 saturated heterocycles. The molecule has 0 bridgehead atoms. The molecule has 19 heavy (non-hydrogen) atoms. The van der Waals surface area contributed by atoms with E-state index in [1.165, 1.54) is 0 Å². The lowest BCUT2D eigenvalue weighted by Crippen LogP contribution is -2.53. The maximum Gasteiger partial charge on any atom is 0.237 e. The first-order valence-electron chi connectivity index (χ1n) is 6.74. The summed E-state index contributed by atoms with van der Waals surface area (Å²) in [5.74, 6) is 1.05. The van der Waals surface area contributed by atoms with E-state index in [-0.39, 0.29) is 17.9 Å². The van der Waals surface area contributed by atoms with Crippen molar-refractivity contribution in [1.82, 2.24) is 10.6 Å². The number of carbonyl (C=O) groups excluding carboxylic acids is 2. The third-order valence-electron chi connectivity index (χ3n) is 2.76. The average Bonchev–Trinajstić information content (AvgIpc) is 2.27. The van der Waals surface area contributed by atoms with Gasteiger partial charge in [-0.1, -0.05) is 6.92 Å². The van der Waals surface area contributed by atoms with Gasteiger partial charge in [0.1, 0.15) is 0 Å². The van der Waals surface area contributed by atoms with Crippen molar-refractivity contribution in [2.24, 2.45) is 5.73 Å². The van der Waals surface area contributed by atoms with E-state index >= 15 is 0 Å². The summed E-state index contributed by atoms with van der Waals surface area (Å²) in [7, 11) is 0. The second-order valence-electron chi connectivity index (χ2n) is 5.11. The number of hydrogen-bond donors (Lipinski definition) is 3. The Hall–Kier alpha value is -0.750. The van der Waals surface area contributed by atoms with Crippen molar-refractivity contribution >= 4 is 23.6 Å². The van der Waals surface area contributed by atoms with Crippen LogP contribution in [0.5, 0.6) is 0 Å². The second kappa shape index (κ2) is 9.20. The van der Waals surface area contributed by atoms with Crippen LogP contribution in [0.2, 0.25) is 0 Å². The van der Waals surface area contributed by atoms with E-state index in [2.05, 4.69) is 10.6 Å². The second-order valence-corrected chi connectivity index (χ2v) is 6.21. The van der Waals surface area contributed by atoms with Crippen molar-refractivity contribution in [2.75, 3.05) is 18.1 Å². The number of primary amides is 1. The fraction of sp³-hybridized carbons (Fsp3) is 0.846. The maximum absolute atomic E-state index is 11.4. The molecule has 0 saturated carbocycles. The summed E-state index contributed by atoms with van der Waals surface area (Å²) in [6.45, 7) is 8.37. The Kier molecular flexibility index (Phi) is 8.84. The number of hydrogen-bond acceptors (Lipinski definition) is 4. The van der Waals surface area contributed by atoms with Crippen LogP contribution in [0.4, 0.5) is 0 Å². The van der Waals surface area contributed by atoms with Gasteiger partial charge >= 0.3 is 0 Å². The topological polar surface area (TPSA) is 84.2 Å². The minimum Gasteiger partial charge on any atom is -0.368 e. The molecule has 0 spiro atoms. The van der Waals surface area contributed by atoms with Crippen molar-refractivity contribution < 1.29 is 9.59 Å². The predicted octanol–water partition coefficient (Wildman–Crippen LogP) is 0.878. The van der Waals surface area contributed by atoms with Crippen LogP contribution in [0.1, 0.15) is 40.5 Å². The van der Waals surface area contributed by atoms with Crippen LogP contribution in [0.25, 0.3) is 0 Å². The summed E-state index contributed by atoms with van der Waals surface area (Å²) in [6, 6.07) is 0.181. The van der Waals surface area contributed by atoms with Crippen molar-refractivity contribution in [3.8, 4) is 0 Å². The van der Waals surface area contributed by atoms with Crippen molar-refractivity contribution in [1.29, 1.82) is 0 Å². The SMILES string of the molecule is CCNC(C)(CCCSCC(=O)NC(C)C)C(N)=O. The van der Waals surface area contributed by atoms with E-state index < -0.39 is 5.54 Å². The molecule has 0 heterocycles. The van der Waals surface area contributed by atoms with Gasteiger partial charge < -0.3 is 16.4 Å². The number of carbonyl (C=O) groups is 2. The third-order valence-corrected chi connectivity index (χ3v) is 3.80. The third kappa shape index (κ3) is 8.10. The molecular weight excluding hydrogens is 262 g/mol. The Morgan fingerprint density at radius 1 is 1.37 bits per heavy atom. The minimum absolute atomic E-state index is 0.0596. The number of amides is 2. The highest BCUT2D eigenvalue weighted by Crippen LogP contribution is 2.14. The normalized spacial score (nSPS) is 14.2.